The lowest BCUT2D eigenvalue weighted by atomic mass is 10.1. The SMILES string of the molecule is CC(C)c1c(-c2nc(C3CNCCN3C)no2)cnn1-c1cccc(Cl)c1.Cl. The molecule has 9 heteroatoms. The van der Waals surface area contributed by atoms with E-state index in [1.54, 1.807) is 6.20 Å². The van der Waals surface area contributed by atoms with Gasteiger partial charge in [0.05, 0.1) is 29.2 Å². The molecule has 3 aromatic rings. The molecule has 4 rings (SSSR count). The third-order valence-electron chi connectivity index (χ3n) is 4.89. The molecule has 0 aliphatic carbocycles. The maximum atomic E-state index is 6.16. The predicted molar refractivity (Wildman–Crippen MR) is 111 cm³/mol. The van der Waals surface area contributed by atoms with Crippen molar-refractivity contribution in [3.63, 3.8) is 0 Å². The van der Waals surface area contributed by atoms with Crippen LogP contribution in [0.2, 0.25) is 5.02 Å². The normalized spacial score (nSPS) is 17.7. The number of piperazine rings is 1. The molecule has 2 aromatic heterocycles. The number of hydrogen-bond donors (Lipinski definition) is 1. The van der Waals surface area contributed by atoms with Gasteiger partial charge in [-0.15, -0.1) is 12.4 Å². The molecule has 28 heavy (non-hydrogen) atoms. The maximum Gasteiger partial charge on any atom is 0.261 e. The second-order valence-corrected chi connectivity index (χ2v) is 7.58. The molecule has 7 nitrogen and oxygen atoms in total. The topological polar surface area (TPSA) is 72.0 Å². The Balaban J connectivity index is 0.00000225. The van der Waals surface area contributed by atoms with Gasteiger partial charge in [0.25, 0.3) is 5.89 Å². The zero-order valence-electron chi connectivity index (χ0n) is 16.1. The van der Waals surface area contributed by atoms with Crippen molar-refractivity contribution in [3.05, 3.63) is 47.0 Å². The van der Waals surface area contributed by atoms with Gasteiger partial charge >= 0.3 is 0 Å². The highest BCUT2D eigenvalue weighted by Crippen LogP contribution is 2.31. The van der Waals surface area contributed by atoms with Crippen LogP contribution in [0.15, 0.2) is 35.0 Å². The summed E-state index contributed by atoms with van der Waals surface area (Å²) >= 11 is 6.16. The van der Waals surface area contributed by atoms with Gasteiger partial charge in [-0.3, -0.25) is 4.90 Å². The molecule has 0 saturated carbocycles. The first-order valence-electron chi connectivity index (χ1n) is 9.13. The van der Waals surface area contributed by atoms with E-state index >= 15 is 0 Å². The van der Waals surface area contributed by atoms with Crippen molar-refractivity contribution < 1.29 is 4.52 Å². The summed E-state index contributed by atoms with van der Waals surface area (Å²) in [5, 5.41) is 12.9. The van der Waals surface area contributed by atoms with Crippen LogP contribution in [0.1, 0.15) is 37.3 Å². The molecular weight excluding hydrogens is 399 g/mol. The molecule has 3 heterocycles. The Labute approximate surface area is 175 Å². The van der Waals surface area contributed by atoms with Gasteiger partial charge in [-0.2, -0.15) is 10.1 Å². The minimum Gasteiger partial charge on any atom is -0.334 e. The lowest BCUT2D eigenvalue weighted by Crippen LogP contribution is -2.44. The summed E-state index contributed by atoms with van der Waals surface area (Å²) in [4.78, 5) is 6.92. The van der Waals surface area contributed by atoms with Crippen LogP contribution >= 0.6 is 24.0 Å². The lowest BCUT2D eigenvalue weighted by Gasteiger charge is -2.30. The smallest absolute Gasteiger partial charge is 0.261 e. The van der Waals surface area contributed by atoms with Gasteiger partial charge in [0, 0.05) is 24.7 Å². The summed E-state index contributed by atoms with van der Waals surface area (Å²) < 4.78 is 7.51. The van der Waals surface area contributed by atoms with Crippen molar-refractivity contribution >= 4 is 24.0 Å². The highest BCUT2D eigenvalue weighted by molar-refractivity contribution is 6.30. The summed E-state index contributed by atoms with van der Waals surface area (Å²) in [6.45, 7) is 6.99. The first kappa shape index (κ1) is 20.8. The first-order chi connectivity index (χ1) is 13.0. The Bertz CT molecular complexity index is 938. The number of hydrogen-bond acceptors (Lipinski definition) is 6. The van der Waals surface area contributed by atoms with E-state index in [2.05, 4.69) is 46.4 Å². The van der Waals surface area contributed by atoms with E-state index in [9.17, 15) is 0 Å². The van der Waals surface area contributed by atoms with Crippen LogP contribution in [0.4, 0.5) is 0 Å². The number of aromatic nitrogens is 4. The van der Waals surface area contributed by atoms with Crippen LogP contribution in [-0.4, -0.2) is 51.5 Å². The number of nitrogens with zero attached hydrogens (tertiary/aromatic N) is 5. The molecule has 1 atom stereocenters. The minimum absolute atomic E-state index is 0. The summed E-state index contributed by atoms with van der Waals surface area (Å²) in [6.07, 6.45) is 1.79. The quantitative estimate of drug-likeness (QED) is 0.690. The molecule has 1 N–H and O–H groups in total. The van der Waals surface area contributed by atoms with E-state index in [0.717, 1.165) is 36.6 Å². The van der Waals surface area contributed by atoms with Gasteiger partial charge in [-0.1, -0.05) is 36.7 Å². The Morgan fingerprint density at radius 2 is 2.14 bits per heavy atom. The van der Waals surface area contributed by atoms with Crippen molar-refractivity contribution in [2.24, 2.45) is 0 Å². The van der Waals surface area contributed by atoms with E-state index in [1.165, 1.54) is 0 Å². The van der Waals surface area contributed by atoms with E-state index in [1.807, 2.05) is 28.9 Å². The lowest BCUT2D eigenvalue weighted by molar-refractivity contribution is 0.190. The maximum absolute atomic E-state index is 6.16. The molecule has 1 aliphatic heterocycles. The van der Waals surface area contributed by atoms with Crippen molar-refractivity contribution in [3.8, 4) is 17.1 Å². The van der Waals surface area contributed by atoms with Crippen LogP contribution in [-0.2, 0) is 0 Å². The molecule has 0 spiro atoms. The molecule has 150 valence electrons. The van der Waals surface area contributed by atoms with Crippen molar-refractivity contribution in [2.45, 2.75) is 25.8 Å². The van der Waals surface area contributed by atoms with Gasteiger partial charge in [-0.05, 0) is 31.2 Å². The van der Waals surface area contributed by atoms with Gasteiger partial charge in [-0.25, -0.2) is 4.68 Å². The van der Waals surface area contributed by atoms with Crippen molar-refractivity contribution in [1.82, 2.24) is 30.1 Å². The fraction of sp³-hybridized carbons (Fsp3) is 0.421. The van der Waals surface area contributed by atoms with E-state index < -0.39 is 0 Å². The fourth-order valence-corrected chi connectivity index (χ4v) is 3.65. The van der Waals surface area contributed by atoms with Crippen LogP contribution in [0.5, 0.6) is 0 Å². The fourth-order valence-electron chi connectivity index (χ4n) is 3.47. The van der Waals surface area contributed by atoms with Crippen LogP contribution in [0, 0.1) is 0 Å². The molecular formula is C19H24Cl2N6O. The predicted octanol–water partition coefficient (Wildman–Crippen LogP) is 3.70. The number of rotatable bonds is 4. The molecule has 1 fully saturated rings. The number of benzene rings is 1. The molecule has 0 bridgehead atoms. The Kier molecular flexibility index (Phi) is 6.40. The van der Waals surface area contributed by atoms with Crippen LogP contribution in [0.25, 0.3) is 17.1 Å². The van der Waals surface area contributed by atoms with Gasteiger partial charge < -0.3 is 9.84 Å². The van der Waals surface area contributed by atoms with Gasteiger partial charge in [0.1, 0.15) is 0 Å². The Morgan fingerprint density at radius 1 is 1.32 bits per heavy atom. The van der Waals surface area contributed by atoms with E-state index in [0.29, 0.717) is 16.7 Å². The van der Waals surface area contributed by atoms with Crippen LogP contribution in [0.3, 0.4) is 0 Å². The molecule has 1 aliphatic rings. The zero-order valence-corrected chi connectivity index (χ0v) is 17.7. The average Bonchev–Trinajstić information content (AvgIpc) is 3.29. The van der Waals surface area contributed by atoms with Gasteiger partial charge in [0.15, 0.2) is 5.82 Å². The van der Waals surface area contributed by atoms with E-state index in [-0.39, 0.29) is 24.4 Å². The van der Waals surface area contributed by atoms with Crippen molar-refractivity contribution in [2.75, 3.05) is 26.7 Å². The highest BCUT2D eigenvalue weighted by atomic mass is 35.5. The third kappa shape index (κ3) is 3.93. The highest BCUT2D eigenvalue weighted by Gasteiger charge is 2.27. The second kappa shape index (κ2) is 8.61. The Hall–Kier alpha value is -1.93. The monoisotopic (exact) mass is 422 g/mol. The molecule has 1 saturated heterocycles. The summed E-state index contributed by atoms with van der Waals surface area (Å²) in [7, 11) is 2.08. The van der Waals surface area contributed by atoms with E-state index in [4.69, 9.17) is 16.1 Å². The molecule has 1 unspecified atom stereocenters. The molecule has 0 amide bonds. The largest absolute Gasteiger partial charge is 0.334 e. The van der Waals surface area contributed by atoms with Gasteiger partial charge in [0.2, 0.25) is 0 Å². The Morgan fingerprint density at radius 3 is 2.86 bits per heavy atom. The standard InChI is InChI=1S/C19H23ClN6O.ClH/c1-12(2)17-15(10-22-26(17)14-6-4-5-13(20)9-14)19-23-18(24-27-19)16-11-21-7-8-25(16)3;/h4-6,9-10,12,16,21H,7-8,11H2,1-3H3;1H. The molecule has 0 radical (unpaired) electrons. The second-order valence-electron chi connectivity index (χ2n) is 7.15. The number of halogens is 2. The number of nitrogens with one attached hydrogen (secondary N) is 1. The first-order valence-corrected chi connectivity index (χ1v) is 9.51. The van der Waals surface area contributed by atoms with Crippen molar-refractivity contribution in [1.29, 1.82) is 0 Å². The zero-order chi connectivity index (χ0) is 19.0. The molecule has 1 aromatic carbocycles. The third-order valence-corrected chi connectivity index (χ3v) is 5.12. The summed E-state index contributed by atoms with van der Waals surface area (Å²) in [5.41, 5.74) is 2.78. The summed E-state index contributed by atoms with van der Waals surface area (Å²) in [5.74, 6) is 1.42. The number of likely N-dealkylation sites (N-methyl/N-ethyl adjacent to an activating group) is 1. The minimum atomic E-state index is 0. The van der Waals surface area contributed by atoms with Crippen LogP contribution < -0.4 is 5.32 Å². The summed E-state index contributed by atoms with van der Waals surface area (Å²) in [6, 6.07) is 7.76. The average molecular weight is 423 g/mol.